The summed E-state index contributed by atoms with van der Waals surface area (Å²) in [6.45, 7) is 3.11. The zero-order valence-electron chi connectivity index (χ0n) is 10.4. The van der Waals surface area contributed by atoms with Crippen molar-refractivity contribution in [3.05, 3.63) is 23.9 Å². The molecule has 0 aliphatic carbocycles. The molecule has 1 atom stereocenters. The highest BCUT2D eigenvalue weighted by Gasteiger charge is 2.30. The Kier molecular flexibility index (Phi) is 3.38. The predicted octanol–water partition coefficient (Wildman–Crippen LogP) is 0.527. The first-order valence-electron chi connectivity index (χ1n) is 5.94. The summed E-state index contributed by atoms with van der Waals surface area (Å²) in [6, 6.07) is 3.49. The maximum Gasteiger partial charge on any atom is 0.173 e. The molecule has 0 spiro atoms. The highest BCUT2D eigenvalue weighted by Crippen LogP contribution is 2.26. The maximum atomic E-state index is 10.1. The van der Waals surface area contributed by atoms with Gasteiger partial charge in [0.05, 0.1) is 11.2 Å². The molecule has 98 valence electrons. The first-order valence-corrected chi connectivity index (χ1v) is 5.94. The summed E-state index contributed by atoms with van der Waals surface area (Å²) in [6.07, 6.45) is 3.32. The monoisotopic (exact) mass is 250 g/mol. The second-order valence-corrected chi connectivity index (χ2v) is 4.88. The molecule has 1 aliphatic rings. The van der Waals surface area contributed by atoms with E-state index >= 15 is 0 Å². The van der Waals surface area contributed by atoms with Crippen LogP contribution in [-0.2, 0) is 0 Å². The van der Waals surface area contributed by atoms with Crippen LogP contribution in [0, 0.1) is 0 Å². The van der Waals surface area contributed by atoms with Gasteiger partial charge in [-0.05, 0) is 31.9 Å². The van der Waals surface area contributed by atoms with Gasteiger partial charge in [-0.2, -0.15) is 0 Å². The molecule has 6 nitrogen and oxygen atoms in total. The van der Waals surface area contributed by atoms with Crippen LogP contribution in [0.2, 0.25) is 0 Å². The highest BCUT2D eigenvalue weighted by atomic mass is 16.4. The fourth-order valence-corrected chi connectivity index (χ4v) is 2.30. The first kappa shape index (κ1) is 12.6. The Morgan fingerprint density at radius 2 is 2.39 bits per heavy atom. The fraction of sp³-hybridized carbons (Fsp3) is 0.500. The van der Waals surface area contributed by atoms with Gasteiger partial charge in [0, 0.05) is 19.3 Å². The van der Waals surface area contributed by atoms with Crippen LogP contribution in [0.4, 0.5) is 5.82 Å². The zero-order valence-corrected chi connectivity index (χ0v) is 10.4. The average molecular weight is 250 g/mol. The summed E-state index contributed by atoms with van der Waals surface area (Å²) >= 11 is 0. The van der Waals surface area contributed by atoms with Crippen molar-refractivity contribution >= 4 is 11.7 Å². The van der Waals surface area contributed by atoms with E-state index < -0.39 is 5.60 Å². The Morgan fingerprint density at radius 1 is 1.61 bits per heavy atom. The summed E-state index contributed by atoms with van der Waals surface area (Å²) in [5.41, 5.74) is 5.50. The number of β-amino-alcohol motifs (C(OH)–C–C–N with tert-alkyl or cyclic N) is 1. The molecule has 1 aromatic heterocycles. The van der Waals surface area contributed by atoms with E-state index in [9.17, 15) is 5.11 Å². The van der Waals surface area contributed by atoms with Crippen LogP contribution in [0.1, 0.15) is 25.3 Å². The lowest BCUT2D eigenvalue weighted by Crippen LogP contribution is -2.47. The number of aliphatic hydroxyl groups is 1. The Hall–Kier alpha value is -1.82. The van der Waals surface area contributed by atoms with E-state index in [2.05, 4.69) is 10.1 Å². The molecular weight excluding hydrogens is 232 g/mol. The van der Waals surface area contributed by atoms with Crippen LogP contribution in [0.15, 0.2) is 23.5 Å². The van der Waals surface area contributed by atoms with Gasteiger partial charge in [-0.3, -0.25) is 0 Å². The standard InChI is InChI=1S/C12H18N4O2/c1-12(17)5-3-7-16(8-12)11-9(10(13)15-18)4-2-6-14-11/h2,4,6,17-18H,3,5,7-8H2,1H3,(H2,13,15). The van der Waals surface area contributed by atoms with Gasteiger partial charge in [-0.25, -0.2) is 4.98 Å². The molecule has 1 aliphatic heterocycles. The second kappa shape index (κ2) is 4.81. The minimum Gasteiger partial charge on any atom is -0.409 e. The van der Waals surface area contributed by atoms with E-state index in [0.717, 1.165) is 19.4 Å². The van der Waals surface area contributed by atoms with E-state index in [1.807, 2.05) is 11.8 Å². The lowest BCUT2D eigenvalue weighted by molar-refractivity contribution is 0.0447. The number of nitrogens with two attached hydrogens (primary N) is 1. The molecule has 0 saturated carbocycles. The number of nitrogens with zero attached hydrogens (tertiary/aromatic N) is 3. The molecule has 18 heavy (non-hydrogen) atoms. The van der Waals surface area contributed by atoms with E-state index in [1.54, 1.807) is 18.3 Å². The molecule has 2 rings (SSSR count). The molecule has 0 aromatic carbocycles. The Bertz CT molecular complexity index is 459. The smallest absolute Gasteiger partial charge is 0.173 e. The number of rotatable bonds is 2. The molecular formula is C12H18N4O2. The normalized spacial score (nSPS) is 25.2. The van der Waals surface area contributed by atoms with Crippen LogP contribution in [0.25, 0.3) is 0 Å². The number of oxime groups is 1. The third kappa shape index (κ3) is 2.53. The molecule has 0 amide bonds. The minimum absolute atomic E-state index is 0.0308. The summed E-state index contributed by atoms with van der Waals surface area (Å²) in [4.78, 5) is 6.25. The quantitative estimate of drug-likeness (QED) is 0.308. The second-order valence-electron chi connectivity index (χ2n) is 4.88. The van der Waals surface area contributed by atoms with Crippen LogP contribution in [-0.4, -0.2) is 39.8 Å². The van der Waals surface area contributed by atoms with E-state index in [1.165, 1.54) is 0 Å². The van der Waals surface area contributed by atoms with Crippen molar-refractivity contribution in [2.75, 3.05) is 18.0 Å². The molecule has 0 bridgehead atoms. The van der Waals surface area contributed by atoms with Crippen LogP contribution in [0.5, 0.6) is 0 Å². The van der Waals surface area contributed by atoms with Crippen LogP contribution < -0.4 is 10.6 Å². The number of aromatic nitrogens is 1. The maximum absolute atomic E-state index is 10.1. The van der Waals surface area contributed by atoms with Crippen LogP contribution in [0.3, 0.4) is 0 Å². The van der Waals surface area contributed by atoms with Gasteiger partial charge in [0.1, 0.15) is 5.82 Å². The SMILES string of the molecule is CC1(O)CCCN(c2ncccc2/C(N)=N/O)C1. The van der Waals surface area contributed by atoms with Gasteiger partial charge < -0.3 is 20.9 Å². The van der Waals surface area contributed by atoms with E-state index in [0.29, 0.717) is 17.9 Å². The molecule has 1 fully saturated rings. The Balaban J connectivity index is 2.33. The lowest BCUT2D eigenvalue weighted by Gasteiger charge is -2.38. The third-order valence-electron chi connectivity index (χ3n) is 3.14. The molecule has 1 aromatic rings. The van der Waals surface area contributed by atoms with E-state index in [-0.39, 0.29) is 5.84 Å². The van der Waals surface area contributed by atoms with Crippen molar-refractivity contribution in [1.29, 1.82) is 0 Å². The molecule has 1 unspecified atom stereocenters. The topological polar surface area (TPSA) is 95.0 Å². The fourth-order valence-electron chi connectivity index (χ4n) is 2.30. The molecule has 0 radical (unpaired) electrons. The van der Waals surface area contributed by atoms with Gasteiger partial charge in [0.25, 0.3) is 0 Å². The van der Waals surface area contributed by atoms with Crippen molar-refractivity contribution < 1.29 is 10.3 Å². The summed E-state index contributed by atoms with van der Waals surface area (Å²) in [7, 11) is 0. The summed E-state index contributed by atoms with van der Waals surface area (Å²) < 4.78 is 0. The minimum atomic E-state index is -0.724. The van der Waals surface area contributed by atoms with Gasteiger partial charge in [0.2, 0.25) is 0 Å². The van der Waals surface area contributed by atoms with Gasteiger partial charge in [0.15, 0.2) is 5.84 Å². The van der Waals surface area contributed by atoms with Gasteiger partial charge >= 0.3 is 0 Å². The van der Waals surface area contributed by atoms with E-state index in [4.69, 9.17) is 10.9 Å². The molecule has 6 heteroatoms. The number of pyridine rings is 1. The third-order valence-corrected chi connectivity index (χ3v) is 3.14. The summed E-state index contributed by atoms with van der Waals surface area (Å²) in [5.74, 6) is 0.677. The number of piperidine rings is 1. The summed E-state index contributed by atoms with van der Waals surface area (Å²) in [5, 5.41) is 21.9. The number of amidine groups is 1. The molecule has 4 N–H and O–H groups in total. The highest BCUT2D eigenvalue weighted by molar-refractivity contribution is 6.01. The first-order chi connectivity index (χ1) is 8.53. The predicted molar refractivity (Wildman–Crippen MR) is 68.8 cm³/mol. The van der Waals surface area contributed by atoms with Gasteiger partial charge in [-0.1, -0.05) is 5.16 Å². The Labute approximate surface area is 106 Å². The van der Waals surface area contributed by atoms with Crippen molar-refractivity contribution in [1.82, 2.24) is 4.98 Å². The number of hydrogen-bond donors (Lipinski definition) is 3. The Morgan fingerprint density at radius 3 is 3.06 bits per heavy atom. The average Bonchev–Trinajstić information content (AvgIpc) is 2.36. The van der Waals surface area contributed by atoms with Crippen molar-refractivity contribution in [2.24, 2.45) is 10.9 Å². The largest absolute Gasteiger partial charge is 0.409 e. The zero-order chi connectivity index (χ0) is 13.2. The lowest BCUT2D eigenvalue weighted by atomic mass is 9.95. The number of anilines is 1. The van der Waals surface area contributed by atoms with Crippen LogP contribution >= 0.6 is 0 Å². The molecule has 2 heterocycles. The van der Waals surface area contributed by atoms with Crippen molar-refractivity contribution in [3.63, 3.8) is 0 Å². The molecule has 1 saturated heterocycles. The number of hydrogen-bond acceptors (Lipinski definition) is 5. The van der Waals surface area contributed by atoms with Gasteiger partial charge in [-0.15, -0.1) is 0 Å². The van der Waals surface area contributed by atoms with Crippen molar-refractivity contribution in [2.45, 2.75) is 25.4 Å². The van der Waals surface area contributed by atoms with Crippen molar-refractivity contribution in [3.8, 4) is 0 Å².